The number of rotatable bonds is 3. The van der Waals surface area contributed by atoms with Crippen LogP contribution in [0.2, 0.25) is 5.02 Å². The van der Waals surface area contributed by atoms with E-state index in [-0.39, 0.29) is 5.12 Å². The van der Waals surface area contributed by atoms with Crippen molar-refractivity contribution in [1.82, 2.24) is 14.8 Å². The Morgan fingerprint density at radius 1 is 1.61 bits per heavy atom. The van der Waals surface area contributed by atoms with E-state index >= 15 is 0 Å². The molecule has 0 amide bonds. The second-order valence-corrected chi connectivity index (χ2v) is 5.75. The monoisotopic (exact) mass is 345 g/mol. The van der Waals surface area contributed by atoms with E-state index in [1.54, 1.807) is 24.4 Å². The lowest BCUT2D eigenvalue weighted by atomic mass is 10.4. The molecule has 0 aromatic carbocycles. The molecule has 0 aliphatic heterocycles. The highest BCUT2D eigenvalue weighted by atomic mass is 79.9. The molecule has 0 atom stereocenters. The zero-order chi connectivity index (χ0) is 13.1. The van der Waals surface area contributed by atoms with Gasteiger partial charge >= 0.3 is 0 Å². The molecule has 2 heterocycles. The molecule has 2 rings (SSSR count). The van der Waals surface area contributed by atoms with Gasteiger partial charge in [0, 0.05) is 12.3 Å². The summed E-state index contributed by atoms with van der Waals surface area (Å²) in [5.74, 6) is 1.15. The largest absolute Gasteiger partial charge is 0.280 e. The number of hydrogen-bond acceptors (Lipinski definition) is 4. The predicted molar refractivity (Wildman–Crippen MR) is 76.5 cm³/mol. The molecule has 94 valence electrons. The van der Waals surface area contributed by atoms with Crippen molar-refractivity contribution in [1.29, 1.82) is 0 Å². The van der Waals surface area contributed by atoms with E-state index in [0.717, 1.165) is 0 Å². The van der Waals surface area contributed by atoms with Gasteiger partial charge in [0.25, 0.3) is 0 Å². The first-order valence-electron chi connectivity index (χ1n) is 5.17. The molecule has 7 heteroatoms. The zero-order valence-corrected chi connectivity index (χ0v) is 12.6. The molecule has 0 unspecified atom stereocenters. The Morgan fingerprint density at radius 3 is 3.06 bits per heavy atom. The number of thioether (sulfide) groups is 1. The Morgan fingerprint density at radius 2 is 2.39 bits per heavy atom. The summed E-state index contributed by atoms with van der Waals surface area (Å²) in [6.07, 6.45) is 1.61. The quantitative estimate of drug-likeness (QED) is 0.852. The second-order valence-electron chi connectivity index (χ2n) is 3.29. The van der Waals surface area contributed by atoms with Gasteiger partial charge in [0.15, 0.2) is 5.82 Å². The average Bonchev–Trinajstić information content (AvgIpc) is 2.72. The lowest BCUT2D eigenvalue weighted by molar-refractivity contribution is 0.108. The highest BCUT2D eigenvalue weighted by molar-refractivity contribution is 9.10. The maximum atomic E-state index is 12.0. The summed E-state index contributed by atoms with van der Waals surface area (Å²) in [5.41, 5.74) is 0.453. The SMILES string of the molecule is CCSC(=O)c1cc(Br)nn1-c1ncccc1Cl. The lowest BCUT2D eigenvalue weighted by Gasteiger charge is -2.06. The molecular formula is C11H9BrClN3OS. The van der Waals surface area contributed by atoms with Crippen molar-refractivity contribution in [2.75, 3.05) is 5.75 Å². The molecule has 0 saturated carbocycles. The van der Waals surface area contributed by atoms with E-state index in [0.29, 0.717) is 26.9 Å². The van der Waals surface area contributed by atoms with Crippen LogP contribution in [0.25, 0.3) is 5.82 Å². The number of halogens is 2. The number of hydrogen-bond donors (Lipinski definition) is 0. The van der Waals surface area contributed by atoms with Crippen LogP contribution in [0.4, 0.5) is 0 Å². The van der Waals surface area contributed by atoms with Crippen molar-refractivity contribution < 1.29 is 4.79 Å². The minimum atomic E-state index is -0.0579. The van der Waals surface area contributed by atoms with E-state index in [9.17, 15) is 4.79 Å². The summed E-state index contributed by atoms with van der Waals surface area (Å²) in [5, 5.41) is 4.59. The van der Waals surface area contributed by atoms with E-state index < -0.39 is 0 Å². The number of carbonyl (C=O) groups excluding carboxylic acids is 1. The van der Waals surface area contributed by atoms with Crippen LogP contribution in [0.5, 0.6) is 0 Å². The Kier molecular flexibility index (Phi) is 4.42. The molecule has 0 aliphatic rings. The molecule has 0 aliphatic carbocycles. The molecule has 0 spiro atoms. The van der Waals surface area contributed by atoms with Crippen LogP contribution in [0.3, 0.4) is 0 Å². The van der Waals surface area contributed by atoms with Gasteiger partial charge in [-0.3, -0.25) is 4.79 Å². The van der Waals surface area contributed by atoms with E-state index in [1.807, 2.05) is 6.92 Å². The van der Waals surface area contributed by atoms with Crippen molar-refractivity contribution in [3.8, 4) is 5.82 Å². The molecule has 4 nitrogen and oxygen atoms in total. The van der Waals surface area contributed by atoms with Crippen molar-refractivity contribution in [2.45, 2.75) is 6.92 Å². The van der Waals surface area contributed by atoms with Crippen molar-refractivity contribution in [2.24, 2.45) is 0 Å². The van der Waals surface area contributed by atoms with Crippen LogP contribution >= 0.6 is 39.3 Å². The minimum absolute atomic E-state index is 0.0579. The van der Waals surface area contributed by atoms with Gasteiger partial charge in [0.1, 0.15) is 10.3 Å². The number of pyridine rings is 1. The third-order valence-electron chi connectivity index (χ3n) is 2.10. The number of nitrogens with zero attached hydrogens (tertiary/aromatic N) is 3. The van der Waals surface area contributed by atoms with Crippen molar-refractivity contribution in [3.63, 3.8) is 0 Å². The predicted octanol–water partition coefficient (Wildman–Crippen LogP) is 3.58. The minimum Gasteiger partial charge on any atom is -0.280 e. The summed E-state index contributed by atoms with van der Waals surface area (Å²) >= 11 is 10.5. The summed E-state index contributed by atoms with van der Waals surface area (Å²) in [7, 11) is 0. The first-order chi connectivity index (χ1) is 8.63. The van der Waals surface area contributed by atoms with Crippen LogP contribution in [0.15, 0.2) is 29.0 Å². The van der Waals surface area contributed by atoms with Crippen molar-refractivity contribution in [3.05, 3.63) is 39.7 Å². The van der Waals surface area contributed by atoms with Gasteiger partial charge in [0.2, 0.25) is 5.12 Å². The van der Waals surface area contributed by atoms with Gasteiger partial charge < -0.3 is 0 Å². The Hall–Kier alpha value is -0.850. The van der Waals surface area contributed by atoms with E-state index in [1.165, 1.54) is 16.4 Å². The standard InChI is InChI=1S/C11H9BrClN3OS/c1-2-18-11(17)8-6-9(12)15-16(8)10-7(13)4-3-5-14-10/h3-6H,2H2,1H3. The van der Waals surface area contributed by atoms with Crippen LogP contribution in [0.1, 0.15) is 17.4 Å². The topological polar surface area (TPSA) is 47.8 Å². The van der Waals surface area contributed by atoms with Gasteiger partial charge in [-0.05, 0) is 33.8 Å². The maximum Gasteiger partial charge on any atom is 0.237 e. The molecule has 0 bridgehead atoms. The van der Waals surface area contributed by atoms with Crippen LogP contribution in [-0.4, -0.2) is 25.6 Å². The van der Waals surface area contributed by atoms with Gasteiger partial charge in [-0.2, -0.15) is 5.10 Å². The highest BCUT2D eigenvalue weighted by Gasteiger charge is 2.18. The van der Waals surface area contributed by atoms with E-state index in [4.69, 9.17) is 11.6 Å². The fraction of sp³-hybridized carbons (Fsp3) is 0.182. The lowest BCUT2D eigenvalue weighted by Crippen LogP contribution is -2.08. The average molecular weight is 347 g/mol. The van der Waals surface area contributed by atoms with Crippen LogP contribution in [0, 0.1) is 0 Å². The molecule has 2 aromatic heterocycles. The molecule has 0 N–H and O–H groups in total. The number of carbonyl (C=O) groups is 1. The Labute approximate surface area is 122 Å². The van der Waals surface area contributed by atoms with Crippen LogP contribution in [-0.2, 0) is 0 Å². The molecule has 18 heavy (non-hydrogen) atoms. The van der Waals surface area contributed by atoms with Crippen molar-refractivity contribution >= 4 is 44.4 Å². The zero-order valence-electron chi connectivity index (χ0n) is 9.43. The molecular weight excluding hydrogens is 338 g/mol. The van der Waals surface area contributed by atoms with Gasteiger partial charge in [-0.25, -0.2) is 9.67 Å². The third-order valence-corrected chi connectivity index (χ3v) is 3.55. The first kappa shape index (κ1) is 13.6. The summed E-state index contributed by atoms with van der Waals surface area (Å²) in [4.78, 5) is 16.1. The highest BCUT2D eigenvalue weighted by Crippen LogP contribution is 2.23. The Bertz CT molecular complexity index is 587. The third kappa shape index (κ3) is 2.76. The molecule has 0 fully saturated rings. The van der Waals surface area contributed by atoms with E-state index in [2.05, 4.69) is 26.0 Å². The fourth-order valence-corrected chi connectivity index (χ4v) is 2.53. The maximum absolute atomic E-state index is 12.0. The fourth-order valence-electron chi connectivity index (χ4n) is 1.40. The molecule has 0 radical (unpaired) electrons. The summed E-state index contributed by atoms with van der Waals surface area (Å²) < 4.78 is 2.03. The molecule has 0 saturated heterocycles. The van der Waals surface area contributed by atoms with Gasteiger partial charge in [-0.1, -0.05) is 30.3 Å². The second kappa shape index (κ2) is 5.86. The smallest absolute Gasteiger partial charge is 0.237 e. The summed E-state index contributed by atoms with van der Waals surface area (Å²) in [6.45, 7) is 1.92. The Balaban J connectivity index is 2.51. The normalized spacial score (nSPS) is 10.6. The van der Waals surface area contributed by atoms with Crippen LogP contribution < -0.4 is 0 Å². The van der Waals surface area contributed by atoms with Gasteiger partial charge in [0.05, 0.1) is 5.02 Å². The summed E-state index contributed by atoms with van der Waals surface area (Å²) in [6, 6.07) is 5.10. The first-order valence-corrected chi connectivity index (χ1v) is 7.32. The molecule has 2 aromatic rings. The number of aromatic nitrogens is 3. The van der Waals surface area contributed by atoms with Gasteiger partial charge in [-0.15, -0.1) is 0 Å².